The number of benzene rings is 3. The van der Waals surface area contributed by atoms with Crippen LogP contribution >= 0.6 is 11.8 Å². The van der Waals surface area contributed by atoms with E-state index in [0.717, 1.165) is 16.9 Å². The lowest BCUT2D eigenvalue weighted by molar-refractivity contribution is -0.128. The van der Waals surface area contributed by atoms with E-state index in [9.17, 15) is 14.4 Å². The van der Waals surface area contributed by atoms with Gasteiger partial charge in [-0.1, -0.05) is 51.1 Å². The Labute approximate surface area is 238 Å². The van der Waals surface area contributed by atoms with Crippen molar-refractivity contribution < 1.29 is 18.8 Å². The molecule has 0 spiro atoms. The minimum atomic E-state index is -0.268. The molecule has 0 aliphatic carbocycles. The molecule has 204 valence electrons. The van der Waals surface area contributed by atoms with E-state index in [1.807, 2.05) is 42.5 Å². The van der Waals surface area contributed by atoms with E-state index >= 15 is 0 Å². The molecule has 1 aliphatic heterocycles. The number of anilines is 2. The molecular weight excluding hydrogens is 522 g/mol. The summed E-state index contributed by atoms with van der Waals surface area (Å²) in [5.74, 6) is 0.706. The van der Waals surface area contributed by atoms with Crippen LogP contribution in [0.15, 0.2) is 95.6 Å². The van der Waals surface area contributed by atoms with E-state index in [1.165, 1.54) is 0 Å². The number of hydrogen-bond donors (Lipinski definition) is 2. The van der Waals surface area contributed by atoms with Crippen molar-refractivity contribution in [1.82, 2.24) is 4.90 Å². The molecule has 0 saturated carbocycles. The molecule has 5 rings (SSSR count). The molecule has 0 radical (unpaired) electrons. The zero-order valence-corrected chi connectivity index (χ0v) is 23.5. The summed E-state index contributed by atoms with van der Waals surface area (Å²) in [5, 5.41) is 5.66. The lowest BCUT2D eigenvalue weighted by atomic mass is 9.87. The average molecular weight is 554 g/mol. The first kappa shape index (κ1) is 27.3. The molecular formula is C32H31N3O4S. The predicted octanol–water partition coefficient (Wildman–Crippen LogP) is 6.86. The van der Waals surface area contributed by atoms with Crippen LogP contribution in [-0.4, -0.2) is 28.4 Å². The lowest BCUT2D eigenvalue weighted by Crippen LogP contribution is -2.27. The molecule has 8 heteroatoms. The zero-order valence-electron chi connectivity index (χ0n) is 22.6. The van der Waals surface area contributed by atoms with Crippen molar-refractivity contribution in [3.8, 4) is 0 Å². The Hall–Kier alpha value is -4.30. The van der Waals surface area contributed by atoms with Gasteiger partial charge in [0.1, 0.15) is 11.1 Å². The van der Waals surface area contributed by atoms with E-state index in [1.54, 1.807) is 65.4 Å². The van der Waals surface area contributed by atoms with Crippen LogP contribution in [0.3, 0.4) is 0 Å². The smallest absolute Gasteiger partial charge is 0.255 e. The highest BCUT2D eigenvalue weighted by molar-refractivity contribution is 8.00. The highest BCUT2D eigenvalue weighted by Crippen LogP contribution is 2.39. The van der Waals surface area contributed by atoms with Gasteiger partial charge in [-0.3, -0.25) is 14.4 Å². The van der Waals surface area contributed by atoms with Crippen LogP contribution in [0.25, 0.3) is 0 Å². The molecule has 0 unspecified atom stereocenters. The molecule has 1 fully saturated rings. The maximum Gasteiger partial charge on any atom is 0.255 e. The van der Waals surface area contributed by atoms with Gasteiger partial charge in [-0.25, -0.2) is 0 Å². The molecule has 2 heterocycles. The van der Waals surface area contributed by atoms with Gasteiger partial charge in [-0.2, -0.15) is 0 Å². The number of carbonyl (C=O) groups excluding carboxylic acids is 3. The van der Waals surface area contributed by atoms with Gasteiger partial charge in [0, 0.05) is 22.5 Å². The first-order chi connectivity index (χ1) is 19.2. The molecule has 1 saturated heterocycles. The first-order valence-corrected chi connectivity index (χ1v) is 14.1. The minimum absolute atomic E-state index is 0.0110. The third-order valence-corrected chi connectivity index (χ3v) is 7.98. The van der Waals surface area contributed by atoms with E-state index in [2.05, 4.69) is 31.4 Å². The number of amides is 3. The fraction of sp³-hybridized carbons (Fsp3) is 0.219. The maximum atomic E-state index is 13.0. The van der Waals surface area contributed by atoms with E-state index < -0.39 is 0 Å². The van der Waals surface area contributed by atoms with Crippen molar-refractivity contribution in [3.05, 3.63) is 119 Å². The number of hydrogen-bond acceptors (Lipinski definition) is 5. The predicted molar refractivity (Wildman–Crippen MR) is 158 cm³/mol. The number of nitrogens with zero attached hydrogens (tertiary/aromatic N) is 1. The second-order valence-electron chi connectivity index (χ2n) is 10.7. The molecule has 1 aromatic heterocycles. The quantitative estimate of drug-likeness (QED) is 0.261. The summed E-state index contributed by atoms with van der Waals surface area (Å²) >= 11 is 1.56. The van der Waals surface area contributed by atoms with Crippen molar-refractivity contribution in [2.24, 2.45) is 0 Å². The molecule has 1 aliphatic rings. The fourth-order valence-electron chi connectivity index (χ4n) is 4.47. The molecule has 40 heavy (non-hydrogen) atoms. The van der Waals surface area contributed by atoms with Crippen LogP contribution in [0.2, 0.25) is 0 Å². The van der Waals surface area contributed by atoms with Gasteiger partial charge in [0.05, 0.1) is 18.6 Å². The maximum absolute atomic E-state index is 13.0. The SMILES string of the molecule is CC(C)(C)c1ccc(C(=O)Nc2cccc(NC(=O)c3ccc([C@@H]4SCC(=O)N4Cc4ccco4)cc3)c2)cc1. The largest absolute Gasteiger partial charge is 0.467 e. The third kappa shape index (κ3) is 6.29. The van der Waals surface area contributed by atoms with Crippen LogP contribution in [0.4, 0.5) is 11.4 Å². The standard InChI is InChI=1S/C32H31N3O4S/c1-32(2,3)24-15-13-22(14-16-24)30(38)34-26-7-4-6-25(18-26)33-29(37)21-9-11-23(12-10-21)31-35(28(36)20-40-31)19-27-8-5-17-39-27/h4-18,31H,19-20H2,1-3H3,(H,33,37)(H,34,38)/t31-/m0/s1. The number of thioether (sulfide) groups is 1. The summed E-state index contributed by atoms with van der Waals surface area (Å²) in [6.45, 7) is 6.79. The lowest BCUT2D eigenvalue weighted by Gasteiger charge is -2.23. The van der Waals surface area contributed by atoms with Gasteiger partial charge in [0.2, 0.25) is 5.91 Å². The summed E-state index contributed by atoms with van der Waals surface area (Å²) in [7, 11) is 0. The monoisotopic (exact) mass is 553 g/mol. The second kappa shape index (κ2) is 11.4. The van der Waals surface area contributed by atoms with Crippen molar-refractivity contribution in [1.29, 1.82) is 0 Å². The fourth-order valence-corrected chi connectivity index (χ4v) is 5.66. The van der Waals surface area contributed by atoms with Gasteiger partial charge in [-0.05, 0) is 71.1 Å². The molecule has 7 nitrogen and oxygen atoms in total. The van der Waals surface area contributed by atoms with Crippen LogP contribution in [-0.2, 0) is 16.8 Å². The Morgan fingerprint density at radius 1 is 0.875 bits per heavy atom. The molecule has 0 bridgehead atoms. The van der Waals surface area contributed by atoms with Crippen LogP contribution in [0.1, 0.15) is 63.7 Å². The van der Waals surface area contributed by atoms with Crippen molar-refractivity contribution in [3.63, 3.8) is 0 Å². The van der Waals surface area contributed by atoms with Crippen molar-refractivity contribution in [2.45, 2.75) is 38.1 Å². The molecule has 3 amide bonds. The Bertz CT molecular complexity index is 1510. The van der Waals surface area contributed by atoms with Gasteiger partial charge >= 0.3 is 0 Å². The number of rotatable bonds is 7. The zero-order chi connectivity index (χ0) is 28.3. The Kier molecular flexibility index (Phi) is 7.80. The van der Waals surface area contributed by atoms with Gasteiger partial charge < -0.3 is 20.0 Å². The van der Waals surface area contributed by atoms with E-state index in [0.29, 0.717) is 34.8 Å². The minimum Gasteiger partial charge on any atom is -0.467 e. The number of furan rings is 1. The molecule has 3 aromatic carbocycles. The van der Waals surface area contributed by atoms with Gasteiger partial charge in [0.15, 0.2) is 0 Å². The topological polar surface area (TPSA) is 91.7 Å². The summed E-state index contributed by atoms with van der Waals surface area (Å²) in [5.41, 5.74) is 4.31. The summed E-state index contributed by atoms with van der Waals surface area (Å²) in [4.78, 5) is 40.0. The van der Waals surface area contributed by atoms with Crippen LogP contribution < -0.4 is 10.6 Å². The van der Waals surface area contributed by atoms with E-state index in [-0.39, 0.29) is 28.5 Å². The Morgan fingerprint density at radius 2 is 1.48 bits per heavy atom. The van der Waals surface area contributed by atoms with Gasteiger partial charge in [0.25, 0.3) is 11.8 Å². The summed E-state index contributed by atoms with van der Waals surface area (Å²) < 4.78 is 5.42. The van der Waals surface area contributed by atoms with Crippen LogP contribution in [0.5, 0.6) is 0 Å². The van der Waals surface area contributed by atoms with E-state index in [4.69, 9.17) is 4.42 Å². The number of nitrogens with one attached hydrogen (secondary N) is 2. The van der Waals surface area contributed by atoms with Crippen LogP contribution in [0, 0.1) is 0 Å². The normalized spacial score (nSPS) is 15.2. The third-order valence-electron chi connectivity index (χ3n) is 6.72. The Balaban J connectivity index is 1.21. The Morgan fingerprint density at radius 3 is 2.02 bits per heavy atom. The van der Waals surface area contributed by atoms with Crippen molar-refractivity contribution in [2.75, 3.05) is 16.4 Å². The average Bonchev–Trinajstić information content (AvgIpc) is 3.59. The number of carbonyl (C=O) groups is 3. The molecule has 4 aromatic rings. The second-order valence-corrected chi connectivity index (χ2v) is 11.8. The molecule has 2 N–H and O–H groups in total. The molecule has 1 atom stereocenters. The van der Waals surface area contributed by atoms with Crippen molar-refractivity contribution >= 4 is 40.9 Å². The summed E-state index contributed by atoms with van der Waals surface area (Å²) in [6.07, 6.45) is 1.60. The summed E-state index contributed by atoms with van der Waals surface area (Å²) in [6, 6.07) is 25.6. The highest BCUT2D eigenvalue weighted by Gasteiger charge is 2.33. The van der Waals surface area contributed by atoms with Gasteiger partial charge in [-0.15, -0.1) is 11.8 Å². The highest BCUT2D eigenvalue weighted by atomic mass is 32.2. The first-order valence-electron chi connectivity index (χ1n) is 13.0.